The summed E-state index contributed by atoms with van der Waals surface area (Å²) in [6.07, 6.45) is 3.36. The van der Waals surface area contributed by atoms with Gasteiger partial charge in [0, 0.05) is 4.47 Å². The van der Waals surface area contributed by atoms with Crippen molar-refractivity contribution in [1.82, 2.24) is 9.88 Å². The molecule has 22 heavy (non-hydrogen) atoms. The second-order valence-corrected chi connectivity index (χ2v) is 6.36. The summed E-state index contributed by atoms with van der Waals surface area (Å²) in [6, 6.07) is 8.37. The first-order chi connectivity index (χ1) is 10.6. The maximum absolute atomic E-state index is 10.8. The lowest BCUT2D eigenvalue weighted by atomic mass is 9.89. The number of hydrogen-bond donors (Lipinski definition) is 1. The zero-order valence-corrected chi connectivity index (χ0v) is 13.6. The molecule has 0 saturated carbocycles. The van der Waals surface area contributed by atoms with Crippen LogP contribution in [0.15, 0.2) is 39.4 Å². The van der Waals surface area contributed by atoms with E-state index in [4.69, 9.17) is 9.52 Å². The molecule has 0 amide bonds. The molecule has 1 aliphatic rings. The number of carbonyl (C=O) groups is 1. The van der Waals surface area contributed by atoms with Crippen LogP contribution in [0.2, 0.25) is 0 Å². The Morgan fingerprint density at radius 2 is 2.09 bits per heavy atom. The smallest absolute Gasteiger partial charge is 0.357 e. The van der Waals surface area contributed by atoms with Gasteiger partial charge in [-0.25, -0.2) is 9.78 Å². The van der Waals surface area contributed by atoms with Crippen LogP contribution in [0.4, 0.5) is 0 Å². The minimum atomic E-state index is -1.05. The van der Waals surface area contributed by atoms with Gasteiger partial charge in [-0.15, -0.1) is 0 Å². The third kappa shape index (κ3) is 3.39. The fourth-order valence-corrected chi connectivity index (χ4v) is 3.49. The minimum Gasteiger partial charge on any atom is -0.476 e. The van der Waals surface area contributed by atoms with E-state index >= 15 is 0 Å². The van der Waals surface area contributed by atoms with Crippen molar-refractivity contribution in [1.29, 1.82) is 0 Å². The molecule has 2 aromatic rings. The highest BCUT2D eigenvalue weighted by Gasteiger charge is 2.23. The average molecular weight is 365 g/mol. The second-order valence-electron chi connectivity index (χ2n) is 5.50. The molecule has 0 radical (unpaired) electrons. The lowest BCUT2D eigenvalue weighted by Gasteiger charge is -2.31. The van der Waals surface area contributed by atoms with Gasteiger partial charge in [0.1, 0.15) is 6.26 Å². The summed E-state index contributed by atoms with van der Waals surface area (Å²) in [7, 11) is 0. The fourth-order valence-electron chi connectivity index (χ4n) is 2.88. The van der Waals surface area contributed by atoms with Crippen LogP contribution >= 0.6 is 15.9 Å². The predicted molar refractivity (Wildman–Crippen MR) is 84.9 cm³/mol. The van der Waals surface area contributed by atoms with Gasteiger partial charge < -0.3 is 9.52 Å². The Hall–Kier alpha value is -1.66. The summed E-state index contributed by atoms with van der Waals surface area (Å²) >= 11 is 3.62. The molecule has 6 heteroatoms. The van der Waals surface area contributed by atoms with E-state index in [1.807, 2.05) is 6.07 Å². The van der Waals surface area contributed by atoms with Gasteiger partial charge in [0.2, 0.25) is 5.89 Å². The van der Waals surface area contributed by atoms with Gasteiger partial charge in [0.25, 0.3) is 0 Å². The number of aromatic nitrogens is 1. The summed E-state index contributed by atoms with van der Waals surface area (Å²) in [5, 5.41) is 8.85. The number of piperidine rings is 1. The molecule has 0 spiro atoms. The van der Waals surface area contributed by atoms with Crippen LogP contribution in [0.1, 0.15) is 40.7 Å². The first-order valence-electron chi connectivity index (χ1n) is 7.28. The van der Waals surface area contributed by atoms with E-state index in [1.165, 1.54) is 16.3 Å². The fraction of sp³-hybridized carbons (Fsp3) is 0.375. The molecule has 2 heterocycles. The monoisotopic (exact) mass is 364 g/mol. The molecule has 3 rings (SSSR count). The molecule has 0 aliphatic carbocycles. The van der Waals surface area contributed by atoms with Crippen LogP contribution in [0.5, 0.6) is 0 Å². The number of hydrogen-bond acceptors (Lipinski definition) is 4. The highest BCUT2D eigenvalue weighted by molar-refractivity contribution is 9.10. The number of oxazole rings is 1. The molecule has 1 aromatic heterocycles. The first-order valence-corrected chi connectivity index (χ1v) is 8.07. The van der Waals surface area contributed by atoms with Crippen molar-refractivity contribution in [2.45, 2.75) is 25.3 Å². The van der Waals surface area contributed by atoms with Gasteiger partial charge >= 0.3 is 5.97 Å². The highest BCUT2D eigenvalue weighted by atomic mass is 79.9. The van der Waals surface area contributed by atoms with Gasteiger partial charge in [0.05, 0.1) is 6.54 Å². The molecule has 5 nitrogen and oxygen atoms in total. The molecule has 0 unspecified atom stereocenters. The van der Waals surface area contributed by atoms with Crippen LogP contribution < -0.4 is 0 Å². The summed E-state index contributed by atoms with van der Waals surface area (Å²) in [6.45, 7) is 2.48. The van der Waals surface area contributed by atoms with E-state index in [-0.39, 0.29) is 5.69 Å². The number of likely N-dealkylation sites (tertiary alicyclic amines) is 1. The molecule has 1 N–H and O–H groups in total. The van der Waals surface area contributed by atoms with Gasteiger partial charge in [-0.05, 0) is 43.5 Å². The van der Waals surface area contributed by atoms with Crippen LogP contribution in [0, 0.1) is 0 Å². The van der Waals surface area contributed by atoms with Crippen molar-refractivity contribution in [3.05, 3.63) is 52.1 Å². The van der Waals surface area contributed by atoms with Gasteiger partial charge in [0.15, 0.2) is 5.69 Å². The highest BCUT2D eigenvalue weighted by Crippen LogP contribution is 2.33. The van der Waals surface area contributed by atoms with Gasteiger partial charge in [-0.2, -0.15) is 0 Å². The number of halogens is 1. The normalized spacial score (nSPS) is 16.8. The number of rotatable bonds is 4. The zero-order valence-electron chi connectivity index (χ0n) is 12.0. The number of carboxylic acid groups (broad SMARTS) is 1. The average Bonchev–Trinajstić information content (AvgIpc) is 2.98. The molecule has 1 aromatic carbocycles. The molecule has 1 fully saturated rings. The minimum absolute atomic E-state index is 0.0295. The SMILES string of the molecule is O=C(O)c1coc(CN2CCC(c3ccccc3Br)CC2)n1. The molecule has 1 saturated heterocycles. The van der Waals surface area contributed by atoms with Crippen LogP contribution in [-0.2, 0) is 6.54 Å². The van der Waals surface area contributed by atoms with Crippen molar-refractivity contribution >= 4 is 21.9 Å². The molecular formula is C16H17BrN2O3. The van der Waals surface area contributed by atoms with E-state index in [1.54, 1.807) is 0 Å². The topological polar surface area (TPSA) is 66.6 Å². The van der Waals surface area contributed by atoms with E-state index in [2.05, 4.69) is 44.0 Å². The maximum atomic E-state index is 10.8. The molecule has 116 valence electrons. The van der Waals surface area contributed by atoms with Crippen LogP contribution in [0.25, 0.3) is 0 Å². The molecule has 1 aliphatic heterocycles. The summed E-state index contributed by atoms with van der Waals surface area (Å²) in [4.78, 5) is 17.0. The number of nitrogens with zero attached hydrogens (tertiary/aromatic N) is 2. The van der Waals surface area contributed by atoms with Crippen molar-refractivity contribution in [3.63, 3.8) is 0 Å². The van der Waals surface area contributed by atoms with Gasteiger partial charge in [-0.3, -0.25) is 4.90 Å². The Morgan fingerprint density at radius 1 is 1.36 bits per heavy atom. The maximum Gasteiger partial charge on any atom is 0.357 e. The molecular weight excluding hydrogens is 348 g/mol. The zero-order chi connectivity index (χ0) is 15.5. The van der Waals surface area contributed by atoms with Crippen molar-refractivity contribution in [2.24, 2.45) is 0 Å². The van der Waals surface area contributed by atoms with Crippen molar-refractivity contribution in [2.75, 3.05) is 13.1 Å². The van der Waals surface area contributed by atoms with E-state index in [0.29, 0.717) is 18.4 Å². The molecule has 0 bridgehead atoms. The Bertz CT molecular complexity index is 663. The quantitative estimate of drug-likeness (QED) is 0.898. The van der Waals surface area contributed by atoms with E-state index < -0.39 is 5.97 Å². The standard InChI is InChI=1S/C16H17BrN2O3/c17-13-4-2-1-3-12(13)11-5-7-19(8-6-11)9-15-18-14(10-22-15)16(20)21/h1-4,10-11H,5-9H2,(H,20,21). The Balaban J connectivity index is 1.57. The number of benzene rings is 1. The lowest BCUT2D eigenvalue weighted by Crippen LogP contribution is -2.32. The summed E-state index contributed by atoms with van der Waals surface area (Å²) in [5.41, 5.74) is 1.34. The second kappa shape index (κ2) is 6.62. The lowest BCUT2D eigenvalue weighted by molar-refractivity contribution is 0.0690. The van der Waals surface area contributed by atoms with Crippen LogP contribution in [0.3, 0.4) is 0 Å². The Kier molecular flexibility index (Phi) is 4.59. The van der Waals surface area contributed by atoms with E-state index in [0.717, 1.165) is 25.9 Å². The Morgan fingerprint density at radius 3 is 2.73 bits per heavy atom. The van der Waals surface area contributed by atoms with Gasteiger partial charge in [-0.1, -0.05) is 34.1 Å². The largest absolute Gasteiger partial charge is 0.476 e. The van der Waals surface area contributed by atoms with E-state index in [9.17, 15) is 4.79 Å². The summed E-state index contributed by atoms with van der Waals surface area (Å²) in [5.74, 6) is -0.0228. The molecule has 0 atom stereocenters. The van der Waals surface area contributed by atoms with Crippen molar-refractivity contribution < 1.29 is 14.3 Å². The first kappa shape index (κ1) is 15.2. The predicted octanol–water partition coefficient (Wildman–Crippen LogP) is 3.51. The third-order valence-electron chi connectivity index (χ3n) is 4.06. The third-order valence-corrected chi connectivity index (χ3v) is 4.78. The van der Waals surface area contributed by atoms with Crippen molar-refractivity contribution in [3.8, 4) is 0 Å². The Labute approximate surface area is 137 Å². The van der Waals surface area contributed by atoms with Crippen LogP contribution in [-0.4, -0.2) is 34.0 Å². The summed E-state index contributed by atoms with van der Waals surface area (Å²) < 4.78 is 6.39. The number of aromatic carboxylic acids is 1. The number of carboxylic acids is 1.